The molecule has 210 valence electrons. The highest BCUT2D eigenvalue weighted by molar-refractivity contribution is 6.21. The van der Waals surface area contributed by atoms with Crippen molar-refractivity contribution in [3.8, 4) is 5.75 Å². The van der Waals surface area contributed by atoms with Crippen molar-refractivity contribution in [2.24, 2.45) is 11.8 Å². The first-order valence-corrected chi connectivity index (χ1v) is 14.2. The second-order valence-corrected chi connectivity index (χ2v) is 11.0. The van der Waals surface area contributed by atoms with Gasteiger partial charge in [0.15, 0.2) is 0 Å². The quantitative estimate of drug-likeness (QED) is 0.352. The molecule has 0 aromatic heterocycles. The molecule has 3 aromatic rings. The van der Waals surface area contributed by atoms with Crippen LogP contribution >= 0.6 is 0 Å². The lowest BCUT2D eigenvalue weighted by Crippen LogP contribution is -2.50. The summed E-state index contributed by atoms with van der Waals surface area (Å²) in [5, 5.41) is 10.9. The van der Waals surface area contributed by atoms with E-state index in [1.54, 1.807) is 41.3 Å². The van der Waals surface area contributed by atoms with Gasteiger partial charge in [0.2, 0.25) is 5.91 Å². The molecule has 3 aromatic carbocycles. The minimum atomic E-state index is -0.738. The first kappa shape index (κ1) is 26.7. The summed E-state index contributed by atoms with van der Waals surface area (Å²) in [5.74, 6) is -2.56. The third-order valence-corrected chi connectivity index (χ3v) is 8.63. The van der Waals surface area contributed by atoms with E-state index in [4.69, 9.17) is 4.74 Å². The molecule has 1 aliphatic carbocycles. The first-order chi connectivity index (χ1) is 19.9. The van der Waals surface area contributed by atoms with Crippen LogP contribution in [0.3, 0.4) is 0 Å². The molecule has 41 heavy (non-hydrogen) atoms. The van der Waals surface area contributed by atoms with Crippen molar-refractivity contribution >= 4 is 23.7 Å². The molecule has 0 saturated heterocycles. The molecule has 2 heterocycles. The van der Waals surface area contributed by atoms with Gasteiger partial charge in [0, 0.05) is 12.1 Å². The van der Waals surface area contributed by atoms with Gasteiger partial charge in [0.1, 0.15) is 12.4 Å². The Labute approximate surface area is 238 Å². The largest absolute Gasteiger partial charge is 0.508 e. The minimum absolute atomic E-state index is 0.0177. The Morgan fingerprint density at radius 3 is 2.20 bits per heavy atom. The predicted octanol–water partition coefficient (Wildman–Crippen LogP) is 4.66. The van der Waals surface area contributed by atoms with Gasteiger partial charge in [-0.15, -0.1) is 0 Å². The normalized spacial score (nSPS) is 21.8. The van der Waals surface area contributed by atoms with E-state index in [-0.39, 0.29) is 30.8 Å². The van der Waals surface area contributed by atoms with E-state index >= 15 is 0 Å². The molecule has 0 spiro atoms. The smallest absolute Gasteiger partial charge is 0.310 e. The van der Waals surface area contributed by atoms with Gasteiger partial charge >= 0.3 is 5.97 Å². The van der Waals surface area contributed by atoms with Crippen molar-refractivity contribution in [2.45, 2.75) is 44.8 Å². The average molecular weight is 553 g/mol. The molecule has 1 N–H and O–H groups in total. The lowest BCUT2D eigenvalue weighted by atomic mass is 9.77. The topological polar surface area (TPSA) is 104 Å². The molecule has 0 radical (unpaired) electrons. The van der Waals surface area contributed by atoms with Crippen LogP contribution in [0.1, 0.15) is 69.1 Å². The van der Waals surface area contributed by atoms with Gasteiger partial charge in [-0.1, -0.05) is 67.4 Å². The molecule has 1 saturated carbocycles. The lowest BCUT2D eigenvalue weighted by molar-refractivity contribution is -0.159. The number of aromatic hydroxyl groups is 1. The van der Waals surface area contributed by atoms with Gasteiger partial charge in [-0.3, -0.25) is 24.1 Å². The summed E-state index contributed by atoms with van der Waals surface area (Å²) in [6.07, 6.45) is 3.27. The maximum atomic E-state index is 14.3. The van der Waals surface area contributed by atoms with E-state index in [9.17, 15) is 24.3 Å². The zero-order valence-electron chi connectivity index (χ0n) is 22.7. The minimum Gasteiger partial charge on any atom is -0.508 e. The van der Waals surface area contributed by atoms with Crippen LogP contribution in [0.4, 0.5) is 0 Å². The number of esters is 1. The Morgan fingerprint density at radius 2 is 1.49 bits per heavy atom. The van der Waals surface area contributed by atoms with Crippen LogP contribution in [0.5, 0.6) is 5.75 Å². The predicted molar refractivity (Wildman–Crippen MR) is 150 cm³/mol. The Balaban J connectivity index is 1.28. The summed E-state index contributed by atoms with van der Waals surface area (Å²) in [4.78, 5) is 56.9. The number of phenols is 1. The van der Waals surface area contributed by atoms with Gasteiger partial charge < -0.3 is 14.7 Å². The molecule has 8 nitrogen and oxygen atoms in total. The first-order valence-electron chi connectivity index (χ1n) is 14.2. The van der Waals surface area contributed by atoms with Crippen LogP contribution in [0.15, 0.2) is 72.8 Å². The number of hydrogen-bond donors (Lipinski definition) is 1. The zero-order chi connectivity index (χ0) is 28.5. The van der Waals surface area contributed by atoms with Crippen molar-refractivity contribution in [3.63, 3.8) is 0 Å². The standard InChI is InChI=1S/C33H32N2O6/c36-28-16-8-11-22-17-18-34(27(29(22)28)19-35-31(38)23-12-4-5-13-24(23)32(35)39)30(37)25-14-6-7-15-26(25)33(40)41-20-21-9-2-1-3-10-21/h1-5,8-13,16,25-27,36H,6-7,14-15,17-20H2/t25-,26+,27?/m1/s1. The average Bonchev–Trinajstić information content (AvgIpc) is 3.25. The second kappa shape index (κ2) is 11.2. The van der Waals surface area contributed by atoms with Crippen LogP contribution < -0.4 is 0 Å². The van der Waals surface area contributed by atoms with Crippen LogP contribution in [0, 0.1) is 11.8 Å². The highest BCUT2D eigenvalue weighted by Gasteiger charge is 2.45. The third kappa shape index (κ3) is 4.99. The van der Waals surface area contributed by atoms with E-state index in [1.807, 2.05) is 36.4 Å². The molecule has 1 fully saturated rings. The molecular formula is C33H32N2O6. The van der Waals surface area contributed by atoms with Crippen molar-refractivity contribution in [3.05, 3.63) is 101 Å². The summed E-state index contributed by atoms with van der Waals surface area (Å²) in [7, 11) is 0. The SMILES string of the molecule is O=C(OCc1ccccc1)[C@H]1CCCC[C@H]1C(=O)N1CCc2cccc(O)c2C1CN1C(=O)c2ccccc2C1=O. The van der Waals surface area contributed by atoms with Crippen LogP contribution in [-0.2, 0) is 27.4 Å². The van der Waals surface area contributed by atoms with E-state index in [1.165, 1.54) is 4.90 Å². The van der Waals surface area contributed by atoms with Gasteiger partial charge in [-0.05, 0) is 48.6 Å². The third-order valence-electron chi connectivity index (χ3n) is 8.63. The van der Waals surface area contributed by atoms with Gasteiger partial charge in [0.25, 0.3) is 11.8 Å². The fourth-order valence-electron chi connectivity index (χ4n) is 6.54. The molecule has 3 amide bonds. The van der Waals surface area contributed by atoms with Gasteiger partial charge in [-0.2, -0.15) is 0 Å². The number of hydrogen-bond acceptors (Lipinski definition) is 6. The van der Waals surface area contributed by atoms with E-state index in [0.29, 0.717) is 42.5 Å². The van der Waals surface area contributed by atoms with E-state index in [2.05, 4.69) is 0 Å². The Hall–Kier alpha value is -4.46. The van der Waals surface area contributed by atoms with Crippen LogP contribution in [0.2, 0.25) is 0 Å². The van der Waals surface area contributed by atoms with Crippen molar-refractivity contribution in [2.75, 3.05) is 13.1 Å². The van der Waals surface area contributed by atoms with E-state index < -0.39 is 29.7 Å². The van der Waals surface area contributed by atoms with Crippen LogP contribution in [-0.4, -0.2) is 51.7 Å². The Kier molecular flexibility index (Phi) is 7.30. The maximum absolute atomic E-state index is 14.3. The highest BCUT2D eigenvalue weighted by Crippen LogP contribution is 2.41. The molecular weight excluding hydrogens is 520 g/mol. The fraction of sp³-hybridized carbons (Fsp3) is 0.333. The molecule has 0 bridgehead atoms. The number of carbonyl (C=O) groups is 4. The number of nitrogens with zero attached hydrogens (tertiary/aromatic N) is 2. The number of imide groups is 1. The maximum Gasteiger partial charge on any atom is 0.310 e. The van der Waals surface area contributed by atoms with Crippen LogP contribution in [0.25, 0.3) is 0 Å². The van der Waals surface area contributed by atoms with Crippen molar-refractivity contribution in [1.29, 1.82) is 0 Å². The van der Waals surface area contributed by atoms with Gasteiger partial charge in [-0.25, -0.2) is 0 Å². The molecule has 3 atom stereocenters. The molecule has 1 unspecified atom stereocenters. The summed E-state index contributed by atoms with van der Waals surface area (Å²) in [5.41, 5.74) is 2.96. The number of fused-ring (bicyclic) bond motifs is 2. The molecule has 2 aliphatic heterocycles. The number of benzene rings is 3. The summed E-state index contributed by atoms with van der Waals surface area (Å²) >= 11 is 0. The second-order valence-electron chi connectivity index (χ2n) is 11.0. The number of carbonyl (C=O) groups excluding carboxylic acids is 4. The van der Waals surface area contributed by atoms with Crippen molar-refractivity contribution in [1.82, 2.24) is 9.80 Å². The summed E-state index contributed by atoms with van der Waals surface area (Å²) in [6, 6.07) is 20.6. The molecule has 6 rings (SSSR count). The Morgan fingerprint density at radius 1 is 0.829 bits per heavy atom. The monoisotopic (exact) mass is 552 g/mol. The number of amides is 3. The summed E-state index contributed by atoms with van der Waals surface area (Å²) < 4.78 is 5.66. The lowest BCUT2D eigenvalue weighted by Gasteiger charge is -2.42. The molecule has 3 aliphatic rings. The fourth-order valence-corrected chi connectivity index (χ4v) is 6.54. The zero-order valence-corrected chi connectivity index (χ0v) is 22.7. The number of phenolic OH excluding ortho intramolecular Hbond substituents is 1. The summed E-state index contributed by atoms with van der Waals surface area (Å²) in [6.45, 7) is 0.411. The number of ether oxygens (including phenoxy) is 1. The van der Waals surface area contributed by atoms with Gasteiger partial charge in [0.05, 0.1) is 35.5 Å². The highest BCUT2D eigenvalue weighted by atomic mass is 16.5. The molecule has 8 heteroatoms. The number of rotatable bonds is 6. The Bertz CT molecular complexity index is 1470. The van der Waals surface area contributed by atoms with E-state index in [0.717, 1.165) is 24.0 Å². The van der Waals surface area contributed by atoms with Crippen molar-refractivity contribution < 1.29 is 29.0 Å².